The summed E-state index contributed by atoms with van der Waals surface area (Å²) in [6.45, 7) is 0. The van der Waals surface area contributed by atoms with Crippen molar-refractivity contribution in [1.82, 2.24) is 19.5 Å². The Morgan fingerprint density at radius 1 is 0.246 bits per heavy atom. The predicted molar refractivity (Wildman–Crippen MR) is 254 cm³/mol. The number of para-hydroxylation sites is 2. The molecule has 284 valence electrons. The first kappa shape index (κ1) is 34.8. The molecule has 0 bridgehead atoms. The van der Waals surface area contributed by atoms with Crippen LogP contribution in [-0.2, 0) is 0 Å². The van der Waals surface area contributed by atoms with Crippen molar-refractivity contribution in [3.63, 3.8) is 0 Å². The van der Waals surface area contributed by atoms with Crippen LogP contribution >= 0.6 is 0 Å². The fraction of sp³-hybridized carbons (Fsp3) is 0. The molecule has 2 heterocycles. The highest BCUT2D eigenvalue weighted by Gasteiger charge is 2.19. The number of rotatable bonds is 6. The molecule has 12 aromatic rings. The smallest absolute Gasteiger partial charge is 0.164 e. The van der Waals surface area contributed by atoms with E-state index < -0.39 is 0 Å². The molecule has 0 spiro atoms. The zero-order valence-electron chi connectivity index (χ0n) is 33.1. The van der Waals surface area contributed by atoms with E-state index in [1.165, 1.54) is 54.1 Å². The van der Waals surface area contributed by atoms with Crippen LogP contribution in [0, 0.1) is 0 Å². The molecule has 0 aliphatic rings. The Morgan fingerprint density at radius 2 is 0.656 bits per heavy atom. The molecule has 0 fully saturated rings. The molecule has 0 saturated heterocycles. The third-order valence-corrected chi connectivity index (χ3v) is 12.0. The lowest BCUT2D eigenvalue weighted by molar-refractivity contribution is 1.07. The molecule has 10 aromatic carbocycles. The van der Waals surface area contributed by atoms with Crippen molar-refractivity contribution in [1.29, 1.82) is 0 Å². The number of hydrogen-bond acceptors (Lipinski definition) is 3. The van der Waals surface area contributed by atoms with Crippen LogP contribution in [0.3, 0.4) is 0 Å². The molecular weight excluding hydrogens is 741 g/mol. The number of nitrogens with zero attached hydrogens (tertiary/aromatic N) is 4. The Bertz CT molecular complexity index is 3570. The lowest BCUT2D eigenvalue weighted by atomic mass is 9.86. The maximum atomic E-state index is 5.11. The third-order valence-electron chi connectivity index (χ3n) is 12.0. The Kier molecular flexibility index (Phi) is 8.13. The van der Waals surface area contributed by atoms with Crippen molar-refractivity contribution >= 4 is 54.1 Å². The molecule has 0 aliphatic heterocycles. The molecule has 0 atom stereocenters. The van der Waals surface area contributed by atoms with Gasteiger partial charge in [-0.2, -0.15) is 0 Å². The summed E-state index contributed by atoms with van der Waals surface area (Å²) < 4.78 is 2.38. The number of aromatic nitrogens is 4. The zero-order chi connectivity index (χ0) is 40.3. The standard InChI is InChI=1S/C57H36N4/c1-4-17-37(18-5-1)55-58-56(38-19-6-2-7-20-38)60-57(59-55)41-22-16-21-39(33-41)48-35-50-45-27-12-10-25-43(45)44-26-11-13-28-46(44)51(50)36-49(48)40-31-32-54-52(34-40)47-29-14-15-30-53(47)61(54)42-23-8-3-9-24-42/h1-36H. The van der Waals surface area contributed by atoms with Gasteiger partial charge in [-0.15, -0.1) is 0 Å². The fourth-order valence-electron chi connectivity index (χ4n) is 9.19. The van der Waals surface area contributed by atoms with E-state index in [-0.39, 0.29) is 0 Å². The first-order chi connectivity index (χ1) is 30.2. The highest BCUT2D eigenvalue weighted by Crippen LogP contribution is 2.44. The Morgan fingerprint density at radius 3 is 1.23 bits per heavy atom. The largest absolute Gasteiger partial charge is 0.309 e. The SMILES string of the molecule is c1ccc(-c2nc(-c3ccccc3)nc(-c3cccc(-c4cc5c6ccccc6c6ccccc6c5cc4-c4ccc5c(c4)c4ccccc4n5-c4ccccc4)c3)n2)cc1. The minimum atomic E-state index is 0.628. The first-order valence-electron chi connectivity index (χ1n) is 20.7. The van der Waals surface area contributed by atoms with Gasteiger partial charge < -0.3 is 4.57 Å². The molecule has 0 amide bonds. The van der Waals surface area contributed by atoms with E-state index in [9.17, 15) is 0 Å². The molecule has 0 saturated carbocycles. The van der Waals surface area contributed by atoms with Gasteiger partial charge in [0.25, 0.3) is 0 Å². The second kappa shape index (κ2) is 14.3. The summed E-state index contributed by atoms with van der Waals surface area (Å²) in [6, 6.07) is 77.8. The molecule has 0 unspecified atom stereocenters. The molecule has 0 radical (unpaired) electrons. The molecular formula is C57H36N4. The fourth-order valence-corrected chi connectivity index (χ4v) is 9.19. The highest BCUT2D eigenvalue weighted by molar-refractivity contribution is 6.26. The normalized spacial score (nSPS) is 11.6. The summed E-state index contributed by atoms with van der Waals surface area (Å²) in [4.78, 5) is 15.2. The van der Waals surface area contributed by atoms with Crippen molar-refractivity contribution < 1.29 is 0 Å². The van der Waals surface area contributed by atoms with Gasteiger partial charge in [-0.05, 0) is 103 Å². The number of hydrogen-bond donors (Lipinski definition) is 0. The summed E-state index contributed by atoms with van der Waals surface area (Å²) in [5.74, 6) is 1.91. The van der Waals surface area contributed by atoms with Crippen LogP contribution < -0.4 is 0 Å². The van der Waals surface area contributed by atoms with Gasteiger partial charge in [0.1, 0.15) is 0 Å². The van der Waals surface area contributed by atoms with Crippen LogP contribution in [-0.4, -0.2) is 19.5 Å². The minimum absolute atomic E-state index is 0.628. The van der Waals surface area contributed by atoms with E-state index in [2.05, 4.69) is 162 Å². The van der Waals surface area contributed by atoms with Gasteiger partial charge in [-0.3, -0.25) is 0 Å². The Balaban J connectivity index is 1.12. The van der Waals surface area contributed by atoms with Crippen LogP contribution in [0.15, 0.2) is 218 Å². The average molecular weight is 777 g/mol. The van der Waals surface area contributed by atoms with Crippen LogP contribution in [0.4, 0.5) is 0 Å². The summed E-state index contributed by atoms with van der Waals surface area (Å²) >= 11 is 0. The third kappa shape index (κ3) is 5.88. The maximum Gasteiger partial charge on any atom is 0.164 e. The van der Waals surface area contributed by atoms with Crippen molar-refractivity contribution in [2.45, 2.75) is 0 Å². The number of benzene rings is 10. The second-order valence-corrected chi connectivity index (χ2v) is 15.6. The van der Waals surface area contributed by atoms with Crippen molar-refractivity contribution in [2.24, 2.45) is 0 Å². The van der Waals surface area contributed by atoms with Gasteiger partial charge in [-0.1, -0.05) is 170 Å². The zero-order valence-corrected chi connectivity index (χ0v) is 33.1. The Hall–Kier alpha value is -8.21. The van der Waals surface area contributed by atoms with Gasteiger partial charge in [0, 0.05) is 33.2 Å². The predicted octanol–water partition coefficient (Wildman–Crippen LogP) is 14.8. The lowest BCUT2D eigenvalue weighted by Gasteiger charge is -2.17. The summed E-state index contributed by atoms with van der Waals surface area (Å²) in [6.07, 6.45) is 0. The average Bonchev–Trinajstić information content (AvgIpc) is 3.68. The van der Waals surface area contributed by atoms with Gasteiger partial charge in [-0.25, -0.2) is 15.0 Å². The first-order valence-corrected chi connectivity index (χ1v) is 20.7. The van der Waals surface area contributed by atoms with E-state index in [1.54, 1.807) is 0 Å². The Labute approximate surface area is 352 Å². The number of fused-ring (bicyclic) bond motifs is 9. The van der Waals surface area contributed by atoms with Crippen LogP contribution in [0.2, 0.25) is 0 Å². The van der Waals surface area contributed by atoms with Gasteiger partial charge in [0.2, 0.25) is 0 Å². The van der Waals surface area contributed by atoms with Gasteiger partial charge in [0.05, 0.1) is 11.0 Å². The molecule has 4 nitrogen and oxygen atoms in total. The van der Waals surface area contributed by atoms with Crippen molar-refractivity contribution in [3.8, 4) is 62.1 Å². The lowest BCUT2D eigenvalue weighted by Crippen LogP contribution is -2.00. The van der Waals surface area contributed by atoms with E-state index in [0.29, 0.717) is 17.5 Å². The molecule has 0 aliphatic carbocycles. The minimum Gasteiger partial charge on any atom is -0.309 e. The summed E-state index contributed by atoms with van der Waals surface area (Å²) in [5.41, 5.74) is 10.9. The van der Waals surface area contributed by atoms with Crippen LogP contribution in [0.5, 0.6) is 0 Å². The molecule has 4 heteroatoms. The van der Waals surface area contributed by atoms with Crippen molar-refractivity contribution in [2.75, 3.05) is 0 Å². The van der Waals surface area contributed by atoms with Crippen molar-refractivity contribution in [3.05, 3.63) is 218 Å². The van der Waals surface area contributed by atoms with Crippen LogP contribution in [0.1, 0.15) is 0 Å². The quantitative estimate of drug-likeness (QED) is 0.158. The summed E-state index contributed by atoms with van der Waals surface area (Å²) in [5, 5.41) is 9.87. The second-order valence-electron chi connectivity index (χ2n) is 15.6. The van der Waals surface area contributed by atoms with E-state index in [4.69, 9.17) is 15.0 Å². The van der Waals surface area contributed by atoms with Gasteiger partial charge >= 0.3 is 0 Å². The molecule has 2 aromatic heterocycles. The van der Waals surface area contributed by atoms with E-state index >= 15 is 0 Å². The van der Waals surface area contributed by atoms with Crippen LogP contribution in [0.25, 0.3) is 116 Å². The van der Waals surface area contributed by atoms with Gasteiger partial charge in [0.15, 0.2) is 17.5 Å². The molecule has 61 heavy (non-hydrogen) atoms. The monoisotopic (exact) mass is 776 g/mol. The molecule has 0 N–H and O–H groups in total. The van der Waals surface area contributed by atoms with E-state index in [0.717, 1.165) is 44.6 Å². The topological polar surface area (TPSA) is 43.6 Å². The molecule has 12 rings (SSSR count). The highest BCUT2D eigenvalue weighted by atomic mass is 15.0. The summed E-state index contributed by atoms with van der Waals surface area (Å²) in [7, 11) is 0. The maximum absolute atomic E-state index is 5.11. The van der Waals surface area contributed by atoms with E-state index in [1.807, 2.05) is 60.7 Å².